The zero-order valence-corrected chi connectivity index (χ0v) is 14.5. The molecule has 2 heterocycles. The molecule has 6 nitrogen and oxygen atoms in total. The van der Waals surface area contributed by atoms with Gasteiger partial charge in [-0.25, -0.2) is 0 Å². The first-order chi connectivity index (χ1) is 11.0. The van der Waals surface area contributed by atoms with E-state index in [0.29, 0.717) is 13.1 Å². The van der Waals surface area contributed by atoms with E-state index in [4.69, 9.17) is 0 Å². The van der Waals surface area contributed by atoms with Gasteiger partial charge in [0.15, 0.2) is 0 Å². The number of hydrogen-bond acceptors (Lipinski definition) is 4. The maximum atomic E-state index is 12.6. The average molecular weight is 322 g/mol. The normalized spacial score (nSPS) is 24.0. The van der Waals surface area contributed by atoms with E-state index in [0.717, 1.165) is 45.6 Å². The molecule has 0 aliphatic carbocycles. The summed E-state index contributed by atoms with van der Waals surface area (Å²) in [6, 6.07) is 0.308. The number of amides is 2. The van der Waals surface area contributed by atoms with Crippen molar-refractivity contribution in [2.24, 2.45) is 0 Å². The van der Waals surface area contributed by atoms with E-state index in [1.807, 2.05) is 4.90 Å². The summed E-state index contributed by atoms with van der Waals surface area (Å²) in [5.41, 5.74) is 0. The Morgan fingerprint density at radius 1 is 1.30 bits per heavy atom. The summed E-state index contributed by atoms with van der Waals surface area (Å²) in [6.45, 7) is 13.0. The third-order valence-corrected chi connectivity index (χ3v) is 4.73. The fourth-order valence-electron chi connectivity index (χ4n) is 3.41. The van der Waals surface area contributed by atoms with E-state index in [1.165, 1.54) is 0 Å². The molecule has 6 heteroatoms. The van der Waals surface area contributed by atoms with Crippen LogP contribution in [0, 0.1) is 0 Å². The van der Waals surface area contributed by atoms with Gasteiger partial charge in [-0.2, -0.15) is 0 Å². The maximum absolute atomic E-state index is 12.6. The van der Waals surface area contributed by atoms with Crippen molar-refractivity contribution in [3.05, 3.63) is 12.7 Å². The first kappa shape index (κ1) is 17.9. The molecule has 1 N–H and O–H groups in total. The summed E-state index contributed by atoms with van der Waals surface area (Å²) in [5, 5.41) is 2.81. The largest absolute Gasteiger partial charge is 0.352 e. The van der Waals surface area contributed by atoms with Crippen LogP contribution in [0.5, 0.6) is 0 Å². The highest BCUT2D eigenvalue weighted by molar-refractivity contribution is 5.83. The Bertz CT molecular complexity index is 430. The van der Waals surface area contributed by atoms with Gasteiger partial charge in [-0.05, 0) is 26.7 Å². The van der Waals surface area contributed by atoms with Crippen molar-refractivity contribution in [3.8, 4) is 0 Å². The SMILES string of the molecule is C=CCNC(=O)CN1CCN(C2CCCN(C(C)C)C2=O)CC1. The lowest BCUT2D eigenvalue weighted by Crippen LogP contribution is -2.59. The molecule has 2 aliphatic heterocycles. The van der Waals surface area contributed by atoms with Crippen LogP contribution in [0.25, 0.3) is 0 Å². The number of carbonyl (C=O) groups is 2. The molecule has 1 atom stereocenters. The molecule has 2 saturated heterocycles. The maximum Gasteiger partial charge on any atom is 0.240 e. The molecule has 130 valence electrons. The minimum atomic E-state index is 0.0305. The molecule has 0 bridgehead atoms. The number of likely N-dealkylation sites (tertiary alicyclic amines) is 1. The summed E-state index contributed by atoms with van der Waals surface area (Å²) in [7, 11) is 0. The molecule has 23 heavy (non-hydrogen) atoms. The lowest BCUT2D eigenvalue weighted by atomic mass is 10.0. The number of nitrogens with zero attached hydrogens (tertiary/aromatic N) is 3. The van der Waals surface area contributed by atoms with Crippen LogP contribution in [-0.4, -0.2) is 84.4 Å². The number of nitrogens with one attached hydrogen (secondary N) is 1. The molecule has 0 aromatic carbocycles. The Balaban J connectivity index is 1.80. The molecule has 2 aliphatic rings. The molecule has 2 rings (SSSR count). The van der Waals surface area contributed by atoms with Crippen molar-refractivity contribution in [1.29, 1.82) is 0 Å². The number of piperidine rings is 1. The summed E-state index contributed by atoms with van der Waals surface area (Å²) in [4.78, 5) is 30.8. The third-order valence-electron chi connectivity index (χ3n) is 4.73. The first-order valence-electron chi connectivity index (χ1n) is 8.67. The van der Waals surface area contributed by atoms with Crippen molar-refractivity contribution in [2.75, 3.05) is 45.8 Å². The van der Waals surface area contributed by atoms with Crippen LogP contribution >= 0.6 is 0 Å². The lowest BCUT2D eigenvalue weighted by Gasteiger charge is -2.43. The summed E-state index contributed by atoms with van der Waals surface area (Å²) in [5.74, 6) is 0.321. The van der Waals surface area contributed by atoms with Crippen molar-refractivity contribution >= 4 is 11.8 Å². The molecule has 2 amide bonds. The van der Waals surface area contributed by atoms with E-state index in [2.05, 4.69) is 35.5 Å². The van der Waals surface area contributed by atoms with Crippen LogP contribution in [0.15, 0.2) is 12.7 Å². The molecule has 0 saturated carbocycles. The quantitative estimate of drug-likeness (QED) is 0.715. The van der Waals surface area contributed by atoms with Crippen LogP contribution in [0.1, 0.15) is 26.7 Å². The topological polar surface area (TPSA) is 55.9 Å². The highest BCUT2D eigenvalue weighted by atomic mass is 16.2. The van der Waals surface area contributed by atoms with Gasteiger partial charge < -0.3 is 10.2 Å². The lowest BCUT2D eigenvalue weighted by molar-refractivity contribution is -0.143. The van der Waals surface area contributed by atoms with Crippen LogP contribution in [0.2, 0.25) is 0 Å². The van der Waals surface area contributed by atoms with Crippen LogP contribution in [0.3, 0.4) is 0 Å². The summed E-state index contributed by atoms with van der Waals surface area (Å²) >= 11 is 0. The average Bonchev–Trinajstić information content (AvgIpc) is 2.54. The molecule has 0 aromatic heterocycles. The predicted molar refractivity (Wildman–Crippen MR) is 91.1 cm³/mol. The Morgan fingerprint density at radius 3 is 2.61 bits per heavy atom. The molecule has 2 fully saturated rings. The van der Waals surface area contributed by atoms with Gasteiger partial charge in [-0.15, -0.1) is 6.58 Å². The minimum Gasteiger partial charge on any atom is -0.352 e. The summed E-state index contributed by atoms with van der Waals surface area (Å²) < 4.78 is 0. The zero-order chi connectivity index (χ0) is 16.8. The van der Waals surface area contributed by atoms with Gasteiger partial charge in [0.25, 0.3) is 0 Å². The number of hydrogen-bond donors (Lipinski definition) is 1. The van der Waals surface area contributed by atoms with E-state index < -0.39 is 0 Å². The van der Waals surface area contributed by atoms with Crippen molar-refractivity contribution in [2.45, 2.75) is 38.8 Å². The minimum absolute atomic E-state index is 0.0305. The zero-order valence-electron chi connectivity index (χ0n) is 14.5. The highest BCUT2D eigenvalue weighted by Crippen LogP contribution is 2.20. The van der Waals surface area contributed by atoms with Crippen LogP contribution in [-0.2, 0) is 9.59 Å². The fourth-order valence-corrected chi connectivity index (χ4v) is 3.41. The Kier molecular flexibility index (Phi) is 6.59. The van der Waals surface area contributed by atoms with Gasteiger partial charge in [0.05, 0.1) is 12.6 Å². The van der Waals surface area contributed by atoms with Gasteiger partial charge >= 0.3 is 0 Å². The monoisotopic (exact) mass is 322 g/mol. The van der Waals surface area contributed by atoms with Crippen LogP contribution in [0.4, 0.5) is 0 Å². The van der Waals surface area contributed by atoms with Crippen molar-refractivity contribution in [3.63, 3.8) is 0 Å². The van der Waals surface area contributed by atoms with Crippen molar-refractivity contribution < 1.29 is 9.59 Å². The Hall–Kier alpha value is -1.40. The second kappa shape index (κ2) is 8.45. The third kappa shape index (κ3) is 4.78. The molecular formula is C17H30N4O2. The Labute approximate surface area is 139 Å². The highest BCUT2D eigenvalue weighted by Gasteiger charge is 2.35. The second-order valence-corrected chi connectivity index (χ2v) is 6.69. The number of rotatable bonds is 6. The van der Waals surface area contributed by atoms with Crippen LogP contribution < -0.4 is 5.32 Å². The number of piperazine rings is 1. The standard InChI is InChI=1S/C17H30N4O2/c1-4-7-18-16(22)13-19-9-11-20(12-10-19)15-6-5-8-21(14(2)3)17(15)23/h4,14-15H,1,5-13H2,2-3H3,(H,18,22). The van der Waals surface area contributed by atoms with Gasteiger partial charge in [0, 0.05) is 45.3 Å². The van der Waals surface area contributed by atoms with Crippen molar-refractivity contribution in [1.82, 2.24) is 20.0 Å². The second-order valence-electron chi connectivity index (χ2n) is 6.69. The molecule has 0 aromatic rings. The van der Waals surface area contributed by atoms with E-state index >= 15 is 0 Å². The van der Waals surface area contributed by atoms with E-state index in [-0.39, 0.29) is 23.9 Å². The summed E-state index contributed by atoms with van der Waals surface area (Å²) in [6.07, 6.45) is 3.73. The molecule has 1 unspecified atom stereocenters. The molecular weight excluding hydrogens is 292 g/mol. The van der Waals surface area contributed by atoms with E-state index in [1.54, 1.807) is 6.08 Å². The number of carbonyl (C=O) groups excluding carboxylic acids is 2. The smallest absolute Gasteiger partial charge is 0.240 e. The Morgan fingerprint density at radius 2 is 2.00 bits per heavy atom. The van der Waals surface area contributed by atoms with Gasteiger partial charge in [0.1, 0.15) is 0 Å². The van der Waals surface area contributed by atoms with Gasteiger partial charge in [-0.1, -0.05) is 6.08 Å². The fraction of sp³-hybridized carbons (Fsp3) is 0.765. The van der Waals surface area contributed by atoms with Gasteiger partial charge in [0.2, 0.25) is 11.8 Å². The predicted octanol–water partition coefficient (Wildman–Crippen LogP) is 0.306. The first-order valence-corrected chi connectivity index (χ1v) is 8.67. The molecule has 0 spiro atoms. The van der Waals surface area contributed by atoms with Gasteiger partial charge in [-0.3, -0.25) is 19.4 Å². The molecule has 0 radical (unpaired) electrons. The van der Waals surface area contributed by atoms with E-state index in [9.17, 15) is 9.59 Å².